The molecule has 1 aliphatic rings. The summed E-state index contributed by atoms with van der Waals surface area (Å²) >= 11 is 0. The normalized spacial score (nSPS) is 20.6. The molecule has 1 saturated heterocycles. The molecule has 0 spiro atoms. The Morgan fingerprint density at radius 3 is 3.00 bits per heavy atom. The molecule has 1 aromatic carbocycles. The standard InChI is InChI=1S/C16H20F2N4O/c17-13-3-4-15(18)14(6-13)16(23)9-21-5-1-2-12(7-21)8-22-11-19-10-20-22/h3-4,6,10-12,16,23H,1-2,5,7-9H2/t12-,16-/m0/s1. The smallest absolute Gasteiger partial charge is 0.137 e. The Balaban J connectivity index is 1.59. The Hall–Kier alpha value is -1.86. The Kier molecular flexibility index (Phi) is 4.97. The maximum atomic E-state index is 13.7. The molecule has 0 radical (unpaired) electrons. The zero-order chi connectivity index (χ0) is 16.2. The highest BCUT2D eigenvalue weighted by molar-refractivity contribution is 5.21. The molecular weight excluding hydrogens is 302 g/mol. The van der Waals surface area contributed by atoms with Crippen molar-refractivity contribution in [3.8, 4) is 0 Å². The third-order valence-corrected chi connectivity index (χ3v) is 4.26. The van der Waals surface area contributed by atoms with Gasteiger partial charge in [-0.2, -0.15) is 5.10 Å². The van der Waals surface area contributed by atoms with E-state index in [1.165, 1.54) is 6.33 Å². The SMILES string of the molecule is O[C@@H](CN1CCC[C@H](Cn2cncn2)C1)c1cc(F)ccc1F. The lowest BCUT2D eigenvalue weighted by molar-refractivity contribution is 0.0778. The van der Waals surface area contributed by atoms with E-state index in [2.05, 4.69) is 15.0 Å². The van der Waals surface area contributed by atoms with Crippen LogP contribution in [0.1, 0.15) is 24.5 Å². The van der Waals surface area contributed by atoms with Gasteiger partial charge in [0, 0.05) is 25.2 Å². The number of aliphatic hydroxyl groups is 1. The number of aromatic nitrogens is 3. The topological polar surface area (TPSA) is 54.2 Å². The van der Waals surface area contributed by atoms with Crippen LogP contribution in [-0.4, -0.2) is 44.4 Å². The van der Waals surface area contributed by atoms with Gasteiger partial charge in [-0.25, -0.2) is 13.8 Å². The largest absolute Gasteiger partial charge is 0.387 e. The summed E-state index contributed by atoms with van der Waals surface area (Å²) in [5, 5.41) is 14.4. The number of hydrogen-bond donors (Lipinski definition) is 1. The first-order valence-electron chi connectivity index (χ1n) is 7.79. The first-order chi connectivity index (χ1) is 11.1. The summed E-state index contributed by atoms with van der Waals surface area (Å²) in [6.45, 7) is 2.73. The fourth-order valence-electron chi connectivity index (χ4n) is 3.17. The maximum Gasteiger partial charge on any atom is 0.137 e. The van der Waals surface area contributed by atoms with Gasteiger partial charge >= 0.3 is 0 Å². The summed E-state index contributed by atoms with van der Waals surface area (Å²) in [6, 6.07) is 3.18. The minimum atomic E-state index is -1.03. The van der Waals surface area contributed by atoms with Gasteiger partial charge in [-0.1, -0.05) is 0 Å². The lowest BCUT2D eigenvalue weighted by atomic mass is 9.97. The van der Waals surface area contributed by atoms with E-state index < -0.39 is 17.7 Å². The fourth-order valence-corrected chi connectivity index (χ4v) is 3.17. The zero-order valence-electron chi connectivity index (χ0n) is 12.8. The number of rotatable bonds is 5. The van der Waals surface area contributed by atoms with E-state index >= 15 is 0 Å². The molecule has 5 nitrogen and oxygen atoms in total. The molecule has 0 bridgehead atoms. The molecule has 1 aliphatic heterocycles. The molecule has 1 fully saturated rings. The molecule has 2 heterocycles. The van der Waals surface area contributed by atoms with E-state index in [-0.39, 0.29) is 5.56 Å². The minimum Gasteiger partial charge on any atom is -0.387 e. The summed E-state index contributed by atoms with van der Waals surface area (Å²) in [5.41, 5.74) is 0.0170. The van der Waals surface area contributed by atoms with E-state index in [9.17, 15) is 13.9 Å². The summed E-state index contributed by atoms with van der Waals surface area (Å²) in [4.78, 5) is 6.03. The number of nitrogens with zero attached hydrogens (tertiary/aromatic N) is 4. The number of hydrogen-bond acceptors (Lipinski definition) is 4. The molecule has 124 valence electrons. The Morgan fingerprint density at radius 2 is 2.22 bits per heavy atom. The maximum absolute atomic E-state index is 13.7. The van der Waals surface area contributed by atoms with E-state index in [0.717, 1.165) is 50.7 Å². The molecule has 23 heavy (non-hydrogen) atoms. The molecule has 1 aromatic heterocycles. The highest BCUT2D eigenvalue weighted by atomic mass is 19.1. The number of piperidine rings is 1. The number of β-amino-alcohol motifs (C(OH)–C–C–N with tert-alkyl or cyclic N) is 1. The average Bonchev–Trinajstić information content (AvgIpc) is 3.03. The van der Waals surface area contributed by atoms with Crippen LogP contribution in [0.2, 0.25) is 0 Å². The van der Waals surface area contributed by atoms with Gasteiger partial charge in [0.05, 0.1) is 6.10 Å². The Labute approximate surface area is 133 Å². The van der Waals surface area contributed by atoms with Crippen LogP contribution in [0.3, 0.4) is 0 Å². The van der Waals surface area contributed by atoms with Crippen molar-refractivity contribution < 1.29 is 13.9 Å². The van der Waals surface area contributed by atoms with Crippen molar-refractivity contribution in [2.75, 3.05) is 19.6 Å². The van der Waals surface area contributed by atoms with Gasteiger partial charge in [0.25, 0.3) is 0 Å². The quantitative estimate of drug-likeness (QED) is 0.915. The highest BCUT2D eigenvalue weighted by Gasteiger charge is 2.24. The molecule has 7 heteroatoms. The number of benzene rings is 1. The van der Waals surface area contributed by atoms with Crippen molar-refractivity contribution >= 4 is 0 Å². The molecule has 0 amide bonds. The van der Waals surface area contributed by atoms with Gasteiger partial charge in [0.1, 0.15) is 24.3 Å². The number of likely N-dealkylation sites (tertiary alicyclic amines) is 1. The highest BCUT2D eigenvalue weighted by Crippen LogP contribution is 2.23. The van der Waals surface area contributed by atoms with E-state index in [1.807, 2.05) is 0 Å². The van der Waals surface area contributed by atoms with Gasteiger partial charge in [0.2, 0.25) is 0 Å². The predicted molar refractivity (Wildman–Crippen MR) is 80.5 cm³/mol. The van der Waals surface area contributed by atoms with Crippen LogP contribution >= 0.6 is 0 Å². The van der Waals surface area contributed by atoms with Gasteiger partial charge in [-0.3, -0.25) is 4.68 Å². The van der Waals surface area contributed by atoms with Crippen LogP contribution in [0.15, 0.2) is 30.9 Å². The molecule has 0 unspecified atom stereocenters. The first kappa shape index (κ1) is 16.0. The third-order valence-electron chi connectivity index (χ3n) is 4.26. The van der Waals surface area contributed by atoms with Crippen LogP contribution in [-0.2, 0) is 6.54 Å². The van der Waals surface area contributed by atoms with Crippen molar-refractivity contribution in [3.05, 3.63) is 48.1 Å². The second kappa shape index (κ2) is 7.14. The second-order valence-corrected chi connectivity index (χ2v) is 6.07. The van der Waals surface area contributed by atoms with Crippen LogP contribution in [0, 0.1) is 17.6 Å². The molecule has 0 saturated carbocycles. The zero-order valence-corrected chi connectivity index (χ0v) is 12.8. The minimum absolute atomic E-state index is 0.0170. The molecule has 2 atom stereocenters. The van der Waals surface area contributed by atoms with Crippen LogP contribution in [0.25, 0.3) is 0 Å². The van der Waals surface area contributed by atoms with Gasteiger partial charge in [-0.05, 0) is 43.5 Å². The lowest BCUT2D eigenvalue weighted by Gasteiger charge is -2.33. The molecule has 2 aromatic rings. The summed E-state index contributed by atoms with van der Waals surface area (Å²) in [6.07, 6.45) is 4.27. The second-order valence-electron chi connectivity index (χ2n) is 6.07. The summed E-state index contributed by atoms with van der Waals surface area (Å²) < 4.78 is 28.8. The molecule has 0 aliphatic carbocycles. The summed E-state index contributed by atoms with van der Waals surface area (Å²) in [5.74, 6) is -0.701. The van der Waals surface area contributed by atoms with Crippen molar-refractivity contribution in [2.24, 2.45) is 5.92 Å². The van der Waals surface area contributed by atoms with Crippen molar-refractivity contribution in [3.63, 3.8) is 0 Å². The predicted octanol–water partition coefficient (Wildman–Crippen LogP) is 2.00. The van der Waals surface area contributed by atoms with Crippen LogP contribution in [0.5, 0.6) is 0 Å². The molecular formula is C16H20F2N4O. The first-order valence-corrected chi connectivity index (χ1v) is 7.79. The van der Waals surface area contributed by atoms with Gasteiger partial charge in [-0.15, -0.1) is 0 Å². The Morgan fingerprint density at radius 1 is 1.35 bits per heavy atom. The third kappa shape index (κ3) is 4.11. The Bertz CT molecular complexity index is 635. The average molecular weight is 322 g/mol. The number of halogens is 2. The number of aliphatic hydroxyl groups excluding tert-OH is 1. The van der Waals surface area contributed by atoms with Gasteiger partial charge in [0.15, 0.2) is 0 Å². The van der Waals surface area contributed by atoms with Crippen molar-refractivity contribution in [1.82, 2.24) is 19.7 Å². The summed E-state index contributed by atoms with van der Waals surface area (Å²) in [7, 11) is 0. The van der Waals surface area contributed by atoms with E-state index in [0.29, 0.717) is 12.5 Å². The lowest BCUT2D eigenvalue weighted by Crippen LogP contribution is -2.39. The fraction of sp³-hybridized carbons (Fsp3) is 0.500. The van der Waals surface area contributed by atoms with E-state index in [4.69, 9.17) is 0 Å². The molecule has 3 rings (SSSR count). The van der Waals surface area contributed by atoms with Crippen LogP contribution < -0.4 is 0 Å². The monoisotopic (exact) mass is 322 g/mol. The van der Waals surface area contributed by atoms with Crippen molar-refractivity contribution in [1.29, 1.82) is 0 Å². The van der Waals surface area contributed by atoms with E-state index in [1.54, 1.807) is 11.0 Å². The van der Waals surface area contributed by atoms with Gasteiger partial charge < -0.3 is 10.0 Å². The molecule has 1 N–H and O–H groups in total. The van der Waals surface area contributed by atoms with Crippen LogP contribution in [0.4, 0.5) is 8.78 Å². The van der Waals surface area contributed by atoms with Crippen molar-refractivity contribution in [2.45, 2.75) is 25.5 Å².